The van der Waals surface area contributed by atoms with Crippen LogP contribution in [-0.2, 0) is 0 Å². The highest BCUT2D eigenvalue weighted by Crippen LogP contribution is 2.33. The first-order valence-corrected chi connectivity index (χ1v) is 4.02. The van der Waals surface area contributed by atoms with E-state index in [-0.39, 0.29) is 14.8 Å². The monoisotopic (exact) mass is 212 g/mol. The predicted octanol–water partition coefficient (Wildman–Crippen LogP) is 3.04. The van der Waals surface area contributed by atoms with E-state index in [9.17, 15) is 13.6 Å². The Kier molecular flexibility index (Phi) is 2.64. The van der Waals surface area contributed by atoms with E-state index >= 15 is 0 Å². The van der Waals surface area contributed by atoms with Gasteiger partial charge in [0.2, 0.25) is 0 Å². The Morgan fingerprint density at radius 3 is 2.50 bits per heavy atom. The number of carboxylic acid groups (broad SMARTS) is 1. The largest absolute Gasteiger partial charge is 0.478 e. The third-order valence-electron chi connectivity index (χ3n) is 1.15. The lowest BCUT2D eigenvalue weighted by atomic mass is 10.3. The van der Waals surface area contributed by atoms with Gasteiger partial charge in [0.15, 0.2) is 0 Å². The average molecular weight is 213 g/mol. The zero-order valence-electron chi connectivity index (χ0n) is 5.55. The molecule has 6 heteroatoms. The number of aromatic carboxylic acids is 1. The zero-order chi connectivity index (χ0) is 9.30. The van der Waals surface area contributed by atoms with E-state index in [1.165, 1.54) is 0 Å². The number of alkyl halides is 2. The second kappa shape index (κ2) is 3.37. The maximum absolute atomic E-state index is 12.0. The zero-order valence-corrected chi connectivity index (χ0v) is 7.12. The van der Waals surface area contributed by atoms with Crippen molar-refractivity contribution in [3.05, 3.63) is 20.8 Å². The molecule has 0 unspecified atom stereocenters. The fourth-order valence-electron chi connectivity index (χ4n) is 0.640. The maximum Gasteiger partial charge on any atom is 0.338 e. The van der Waals surface area contributed by atoms with E-state index < -0.39 is 12.4 Å². The summed E-state index contributed by atoms with van der Waals surface area (Å²) in [6.07, 6.45) is -2.67. The van der Waals surface area contributed by atoms with E-state index in [0.717, 1.165) is 6.07 Å². The molecule has 1 aromatic rings. The molecule has 0 aliphatic heterocycles. The van der Waals surface area contributed by atoms with Gasteiger partial charge in [0, 0.05) is 0 Å². The van der Waals surface area contributed by atoms with Crippen molar-refractivity contribution >= 4 is 28.9 Å². The highest BCUT2D eigenvalue weighted by Gasteiger charge is 2.18. The van der Waals surface area contributed by atoms with Crippen LogP contribution in [0, 0.1) is 0 Å². The molecule has 0 amide bonds. The highest BCUT2D eigenvalue weighted by molar-refractivity contribution is 7.16. The number of carboxylic acids is 1. The number of hydrogen-bond acceptors (Lipinski definition) is 2. The minimum Gasteiger partial charge on any atom is -0.478 e. The molecule has 0 radical (unpaired) electrons. The van der Waals surface area contributed by atoms with Gasteiger partial charge in [0.1, 0.15) is 4.34 Å². The summed E-state index contributed by atoms with van der Waals surface area (Å²) in [5.41, 5.74) is -0.267. The molecule has 1 rings (SSSR count). The van der Waals surface area contributed by atoms with Gasteiger partial charge in [-0.05, 0) is 6.07 Å². The van der Waals surface area contributed by atoms with Crippen molar-refractivity contribution in [2.75, 3.05) is 0 Å². The van der Waals surface area contributed by atoms with Crippen molar-refractivity contribution in [3.63, 3.8) is 0 Å². The molecule has 0 saturated heterocycles. The standard InChI is InChI=1S/C6H3ClF2O2S/c7-4-2(6(10)11)1-3(12-4)5(8)9/h1,5H,(H,10,11). The van der Waals surface area contributed by atoms with E-state index in [1.807, 2.05) is 0 Å². The van der Waals surface area contributed by atoms with Gasteiger partial charge in [-0.2, -0.15) is 0 Å². The normalized spacial score (nSPS) is 10.7. The van der Waals surface area contributed by atoms with Crippen LogP contribution in [0.4, 0.5) is 8.78 Å². The lowest BCUT2D eigenvalue weighted by molar-refractivity contribution is 0.0697. The summed E-state index contributed by atoms with van der Waals surface area (Å²) < 4.78 is 23.9. The third kappa shape index (κ3) is 1.73. The predicted molar refractivity (Wildman–Crippen MR) is 41.2 cm³/mol. The molecule has 1 aromatic heterocycles. The van der Waals surface area contributed by atoms with Crippen molar-refractivity contribution in [3.8, 4) is 0 Å². The van der Waals surface area contributed by atoms with Gasteiger partial charge in [-0.15, -0.1) is 11.3 Å². The molecule has 0 bridgehead atoms. The van der Waals surface area contributed by atoms with Crippen molar-refractivity contribution < 1.29 is 18.7 Å². The van der Waals surface area contributed by atoms with Crippen LogP contribution in [0.3, 0.4) is 0 Å². The van der Waals surface area contributed by atoms with Gasteiger partial charge in [0.05, 0.1) is 10.4 Å². The molecule has 0 atom stereocenters. The van der Waals surface area contributed by atoms with Crippen LogP contribution in [0.2, 0.25) is 4.34 Å². The van der Waals surface area contributed by atoms with Crippen LogP contribution in [0.15, 0.2) is 6.07 Å². The smallest absolute Gasteiger partial charge is 0.338 e. The summed E-state index contributed by atoms with van der Waals surface area (Å²) in [6, 6.07) is 0.889. The van der Waals surface area contributed by atoms with Crippen LogP contribution in [-0.4, -0.2) is 11.1 Å². The number of halogens is 3. The molecule has 0 aliphatic carbocycles. The Hall–Kier alpha value is -0.680. The minimum absolute atomic E-state index is 0.113. The van der Waals surface area contributed by atoms with Crippen LogP contribution in [0.1, 0.15) is 21.7 Å². The average Bonchev–Trinajstić information content (AvgIpc) is 2.30. The molecule has 12 heavy (non-hydrogen) atoms. The van der Waals surface area contributed by atoms with E-state index in [1.54, 1.807) is 0 Å². The van der Waals surface area contributed by atoms with E-state index in [4.69, 9.17) is 16.7 Å². The maximum atomic E-state index is 12.0. The molecule has 2 nitrogen and oxygen atoms in total. The third-order valence-corrected chi connectivity index (χ3v) is 2.52. The number of hydrogen-bond donors (Lipinski definition) is 1. The van der Waals surface area contributed by atoms with E-state index in [0.29, 0.717) is 11.3 Å². The van der Waals surface area contributed by atoms with Crippen LogP contribution in [0.25, 0.3) is 0 Å². The molecule has 0 aromatic carbocycles. The second-order valence-electron chi connectivity index (χ2n) is 1.94. The molecular weight excluding hydrogens is 210 g/mol. The van der Waals surface area contributed by atoms with Gasteiger partial charge in [-0.1, -0.05) is 11.6 Å². The van der Waals surface area contributed by atoms with Crippen molar-refractivity contribution in [1.29, 1.82) is 0 Å². The lowest BCUT2D eigenvalue weighted by Gasteiger charge is -1.88. The summed E-state index contributed by atoms with van der Waals surface area (Å²) in [5.74, 6) is -1.29. The molecule has 1 N–H and O–H groups in total. The lowest BCUT2D eigenvalue weighted by Crippen LogP contribution is -1.93. The molecule has 0 fully saturated rings. The fraction of sp³-hybridized carbons (Fsp3) is 0.167. The Morgan fingerprint density at radius 2 is 2.25 bits per heavy atom. The first-order valence-electron chi connectivity index (χ1n) is 2.83. The minimum atomic E-state index is -2.67. The van der Waals surface area contributed by atoms with Crippen molar-refractivity contribution in [2.24, 2.45) is 0 Å². The van der Waals surface area contributed by atoms with E-state index in [2.05, 4.69) is 0 Å². The summed E-state index contributed by atoms with van der Waals surface area (Å²) >= 11 is 5.97. The van der Waals surface area contributed by atoms with Crippen LogP contribution < -0.4 is 0 Å². The topological polar surface area (TPSA) is 37.3 Å². The van der Waals surface area contributed by atoms with Crippen molar-refractivity contribution in [2.45, 2.75) is 6.43 Å². The fourth-order valence-corrected chi connectivity index (χ4v) is 1.77. The molecule has 0 spiro atoms. The Labute approximate surface area is 75.4 Å². The molecule has 0 saturated carbocycles. The first-order chi connectivity index (χ1) is 5.52. The molecule has 0 aliphatic rings. The Balaban J connectivity index is 3.09. The summed E-state index contributed by atoms with van der Waals surface area (Å²) in [4.78, 5) is 10.0. The van der Waals surface area contributed by atoms with Gasteiger partial charge < -0.3 is 5.11 Å². The SMILES string of the molecule is O=C(O)c1cc(C(F)F)sc1Cl. The Bertz CT molecular complexity index is 310. The first kappa shape index (κ1) is 9.41. The van der Waals surface area contributed by atoms with Gasteiger partial charge >= 0.3 is 5.97 Å². The number of rotatable bonds is 2. The summed E-state index contributed by atoms with van der Waals surface area (Å²) in [7, 11) is 0. The van der Waals surface area contributed by atoms with Crippen LogP contribution in [0.5, 0.6) is 0 Å². The van der Waals surface area contributed by atoms with Crippen molar-refractivity contribution in [1.82, 2.24) is 0 Å². The van der Waals surface area contributed by atoms with Gasteiger partial charge in [-0.3, -0.25) is 0 Å². The summed E-state index contributed by atoms with van der Waals surface area (Å²) in [5, 5.41) is 8.44. The number of thiophene rings is 1. The quantitative estimate of drug-likeness (QED) is 0.818. The Morgan fingerprint density at radius 1 is 1.67 bits per heavy atom. The number of carbonyl (C=O) groups is 1. The van der Waals surface area contributed by atoms with Crippen LogP contribution >= 0.6 is 22.9 Å². The summed E-state index contributed by atoms with van der Waals surface area (Å²) in [6.45, 7) is 0. The van der Waals surface area contributed by atoms with Gasteiger partial charge in [0.25, 0.3) is 6.43 Å². The molecule has 1 heterocycles. The molecular formula is C6H3ClF2O2S. The highest BCUT2D eigenvalue weighted by atomic mass is 35.5. The molecule has 66 valence electrons. The van der Waals surface area contributed by atoms with Gasteiger partial charge in [-0.25, -0.2) is 13.6 Å². The second-order valence-corrected chi connectivity index (χ2v) is 3.63.